The van der Waals surface area contributed by atoms with Crippen LogP contribution in [-0.4, -0.2) is 17.6 Å². The van der Waals surface area contributed by atoms with E-state index < -0.39 is 0 Å². The summed E-state index contributed by atoms with van der Waals surface area (Å²) in [4.78, 5) is 4.28. The molecule has 0 aliphatic heterocycles. The van der Waals surface area contributed by atoms with Crippen LogP contribution >= 0.6 is 0 Å². The molecule has 0 spiro atoms. The molecule has 1 atom stereocenters. The number of aromatic nitrogens is 1. The van der Waals surface area contributed by atoms with Crippen molar-refractivity contribution in [3.63, 3.8) is 0 Å². The van der Waals surface area contributed by atoms with Gasteiger partial charge in [-0.2, -0.15) is 0 Å². The molecule has 0 bridgehead atoms. The lowest BCUT2D eigenvalue weighted by Crippen LogP contribution is -2.21. The van der Waals surface area contributed by atoms with E-state index in [1.807, 2.05) is 12.3 Å². The normalized spacial score (nSPS) is 12.6. The molecule has 1 unspecified atom stereocenters. The summed E-state index contributed by atoms with van der Waals surface area (Å²) in [5.74, 6) is 1.57. The van der Waals surface area contributed by atoms with Gasteiger partial charge >= 0.3 is 0 Å². The van der Waals surface area contributed by atoms with E-state index in [1.54, 1.807) is 0 Å². The van der Waals surface area contributed by atoms with Gasteiger partial charge in [-0.25, -0.2) is 4.98 Å². The van der Waals surface area contributed by atoms with Gasteiger partial charge < -0.3 is 10.6 Å². The summed E-state index contributed by atoms with van der Waals surface area (Å²) >= 11 is 0. The van der Waals surface area contributed by atoms with Crippen LogP contribution in [0.25, 0.3) is 0 Å². The summed E-state index contributed by atoms with van der Waals surface area (Å²) in [6.07, 6.45) is 2.95. The molecule has 0 saturated carbocycles. The maximum absolute atomic E-state index is 4.28. The zero-order valence-electron chi connectivity index (χ0n) is 10.7. The third kappa shape index (κ3) is 4.09. The Kier molecular flexibility index (Phi) is 5.09. The van der Waals surface area contributed by atoms with E-state index >= 15 is 0 Å². The predicted molar refractivity (Wildman–Crippen MR) is 70.9 cm³/mol. The van der Waals surface area contributed by atoms with Gasteiger partial charge in [-0.3, -0.25) is 0 Å². The Hall–Kier alpha value is -1.25. The number of hydrogen-bond donors (Lipinski definition) is 2. The van der Waals surface area contributed by atoms with Crippen molar-refractivity contribution >= 4 is 11.5 Å². The van der Waals surface area contributed by atoms with Gasteiger partial charge in [-0.1, -0.05) is 20.8 Å². The van der Waals surface area contributed by atoms with Crippen LogP contribution in [0, 0.1) is 5.92 Å². The van der Waals surface area contributed by atoms with Gasteiger partial charge in [0.05, 0.1) is 0 Å². The maximum atomic E-state index is 4.28. The minimum absolute atomic E-state index is 0.474. The number of anilines is 2. The molecule has 1 aromatic rings. The number of hydrogen-bond acceptors (Lipinski definition) is 3. The van der Waals surface area contributed by atoms with Crippen LogP contribution < -0.4 is 10.6 Å². The van der Waals surface area contributed by atoms with E-state index in [0.717, 1.165) is 24.5 Å². The Morgan fingerprint density at radius 1 is 1.31 bits per heavy atom. The first-order valence-electron chi connectivity index (χ1n) is 6.10. The molecule has 16 heavy (non-hydrogen) atoms. The fourth-order valence-corrected chi connectivity index (χ4v) is 1.30. The molecule has 2 N–H and O–H groups in total. The number of pyridine rings is 1. The minimum Gasteiger partial charge on any atom is -0.382 e. The zero-order chi connectivity index (χ0) is 12.0. The second-order valence-corrected chi connectivity index (χ2v) is 4.53. The third-order valence-corrected chi connectivity index (χ3v) is 2.71. The molecule has 3 nitrogen and oxygen atoms in total. The molecule has 0 aromatic carbocycles. The molecule has 1 aromatic heterocycles. The van der Waals surface area contributed by atoms with Crippen molar-refractivity contribution in [1.82, 2.24) is 4.98 Å². The highest BCUT2D eigenvalue weighted by molar-refractivity contribution is 5.52. The molecule has 1 rings (SSSR count). The smallest absolute Gasteiger partial charge is 0.127 e. The highest BCUT2D eigenvalue weighted by atomic mass is 15.0. The third-order valence-electron chi connectivity index (χ3n) is 2.71. The molecule has 0 aliphatic carbocycles. The van der Waals surface area contributed by atoms with E-state index in [-0.39, 0.29) is 0 Å². The van der Waals surface area contributed by atoms with Crippen molar-refractivity contribution < 1.29 is 0 Å². The van der Waals surface area contributed by atoms with Gasteiger partial charge in [0, 0.05) is 30.5 Å². The first-order valence-corrected chi connectivity index (χ1v) is 6.10. The number of nitrogens with zero attached hydrogens (tertiary/aromatic N) is 1. The van der Waals surface area contributed by atoms with Crippen LogP contribution in [0.3, 0.4) is 0 Å². The van der Waals surface area contributed by atoms with Crippen LogP contribution in [0.1, 0.15) is 34.1 Å². The van der Waals surface area contributed by atoms with Crippen molar-refractivity contribution in [1.29, 1.82) is 0 Å². The Morgan fingerprint density at radius 2 is 2.06 bits per heavy atom. The molecule has 0 aliphatic rings. The standard InChI is InChI=1S/C13H23N3/c1-5-7-14-13-9-12(6-8-15-13)16-11(4)10(2)3/h6,8-11H,5,7H2,1-4H3,(H2,14,15,16). The van der Waals surface area contributed by atoms with Gasteiger partial charge in [-0.05, 0) is 25.3 Å². The lowest BCUT2D eigenvalue weighted by molar-refractivity contribution is 0.560. The highest BCUT2D eigenvalue weighted by Gasteiger charge is 2.06. The summed E-state index contributed by atoms with van der Waals surface area (Å²) in [7, 11) is 0. The summed E-state index contributed by atoms with van der Waals surface area (Å²) in [5.41, 5.74) is 1.13. The summed E-state index contributed by atoms with van der Waals surface area (Å²) in [6.45, 7) is 9.75. The summed E-state index contributed by atoms with van der Waals surface area (Å²) in [6, 6.07) is 4.55. The SMILES string of the molecule is CCCNc1cc(NC(C)C(C)C)ccn1. The van der Waals surface area contributed by atoms with Gasteiger partial charge in [0.15, 0.2) is 0 Å². The maximum Gasteiger partial charge on any atom is 0.127 e. The van der Waals surface area contributed by atoms with Crippen molar-refractivity contribution in [2.45, 2.75) is 40.2 Å². The number of rotatable bonds is 6. The lowest BCUT2D eigenvalue weighted by Gasteiger charge is -2.19. The monoisotopic (exact) mass is 221 g/mol. The fourth-order valence-electron chi connectivity index (χ4n) is 1.30. The average molecular weight is 221 g/mol. The van der Waals surface area contributed by atoms with Crippen LogP contribution in [0.2, 0.25) is 0 Å². The largest absolute Gasteiger partial charge is 0.382 e. The zero-order valence-corrected chi connectivity index (χ0v) is 10.7. The van der Waals surface area contributed by atoms with Crippen LogP contribution in [0.15, 0.2) is 18.3 Å². The fraction of sp³-hybridized carbons (Fsp3) is 0.615. The Labute approximate surface area is 98.7 Å². The average Bonchev–Trinajstić information content (AvgIpc) is 2.26. The minimum atomic E-state index is 0.474. The van der Waals surface area contributed by atoms with Crippen LogP contribution in [0.4, 0.5) is 11.5 Å². The highest BCUT2D eigenvalue weighted by Crippen LogP contribution is 2.15. The Balaban J connectivity index is 2.59. The van der Waals surface area contributed by atoms with Gasteiger partial charge in [0.2, 0.25) is 0 Å². The second-order valence-electron chi connectivity index (χ2n) is 4.53. The summed E-state index contributed by atoms with van der Waals surface area (Å²) in [5, 5.41) is 6.76. The van der Waals surface area contributed by atoms with Crippen LogP contribution in [-0.2, 0) is 0 Å². The van der Waals surface area contributed by atoms with E-state index in [4.69, 9.17) is 0 Å². The predicted octanol–water partition coefficient (Wildman–Crippen LogP) is 3.36. The Bertz CT molecular complexity index is 310. The molecule has 0 radical (unpaired) electrons. The first-order chi connectivity index (χ1) is 7.63. The van der Waals surface area contributed by atoms with Crippen molar-refractivity contribution in [3.05, 3.63) is 18.3 Å². The molecule has 1 heterocycles. The Morgan fingerprint density at radius 3 is 2.69 bits per heavy atom. The molecule has 90 valence electrons. The van der Waals surface area contributed by atoms with Gasteiger partial charge in [0.25, 0.3) is 0 Å². The van der Waals surface area contributed by atoms with Crippen molar-refractivity contribution in [2.24, 2.45) is 5.92 Å². The molecule has 3 heteroatoms. The van der Waals surface area contributed by atoms with E-state index in [1.165, 1.54) is 0 Å². The molecular formula is C13H23N3. The van der Waals surface area contributed by atoms with Crippen molar-refractivity contribution in [3.8, 4) is 0 Å². The molecule has 0 saturated heterocycles. The molecular weight excluding hydrogens is 198 g/mol. The van der Waals surface area contributed by atoms with Gasteiger partial charge in [-0.15, -0.1) is 0 Å². The van der Waals surface area contributed by atoms with E-state index in [0.29, 0.717) is 12.0 Å². The molecule has 0 fully saturated rings. The van der Waals surface area contributed by atoms with Crippen molar-refractivity contribution in [2.75, 3.05) is 17.2 Å². The lowest BCUT2D eigenvalue weighted by atomic mass is 10.1. The quantitative estimate of drug-likeness (QED) is 0.773. The second kappa shape index (κ2) is 6.36. The molecule has 0 amide bonds. The topological polar surface area (TPSA) is 37.0 Å². The van der Waals surface area contributed by atoms with Gasteiger partial charge in [0.1, 0.15) is 5.82 Å². The summed E-state index contributed by atoms with van der Waals surface area (Å²) < 4.78 is 0. The van der Waals surface area contributed by atoms with E-state index in [9.17, 15) is 0 Å². The number of nitrogens with one attached hydrogen (secondary N) is 2. The van der Waals surface area contributed by atoms with Crippen LogP contribution in [0.5, 0.6) is 0 Å². The first kappa shape index (κ1) is 12.8. The van der Waals surface area contributed by atoms with E-state index in [2.05, 4.69) is 49.4 Å².